The van der Waals surface area contributed by atoms with Crippen molar-refractivity contribution in [2.24, 2.45) is 11.8 Å². The van der Waals surface area contributed by atoms with E-state index >= 15 is 0 Å². The van der Waals surface area contributed by atoms with Gasteiger partial charge in [0.15, 0.2) is 5.13 Å². The summed E-state index contributed by atoms with van der Waals surface area (Å²) in [7, 11) is 3.69. The van der Waals surface area contributed by atoms with Gasteiger partial charge in [0.1, 0.15) is 0 Å². The molecule has 18 heavy (non-hydrogen) atoms. The van der Waals surface area contributed by atoms with E-state index in [0.717, 1.165) is 42.3 Å². The third-order valence-corrected chi connectivity index (χ3v) is 4.80. The van der Waals surface area contributed by atoms with Crippen LogP contribution in [0, 0.1) is 11.8 Å². The maximum Gasteiger partial charge on any atom is 0.185 e. The number of hydrogen-bond acceptors (Lipinski definition) is 5. The maximum absolute atomic E-state index is 5.23. The normalized spacial score (nSPS) is 23.9. The first kappa shape index (κ1) is 13.8. The molecule has 2 atom stereocenters. The summed E-state index contributed by atoms with van der Waals surface area (Å²) in [5.74, 6) is 1.51. The summed E-state index contributed by atoms with van der Waals surface area (Å²) in [6.07, 6.45) is 0. The molecule has 2 heterocycles. The lowest BCUT2D eigenvalue weighted by Crippen LogP contribution is -2.19. The number of hydrogen-bond donors (Lipinski definition) is 1. The average Bonchev–Trinajstić information content (AvgIpc) is 2.86. The summed E-state index contributed by atoms with van der Waals surface area (Å²) in [5, 5.41) is 4.36. The first-order valence-electron chi connectivity index (χ1n) is 6.52. The van der Waals surface area contributed by atoms with Crippen LogP contribution in [0.3, 0.4) is 0 Å². The van der Waals surface area contributed by atoms with Crippen LogP contribution in [-0.2, 0) is 17.9 Å². The molecule has 1 aromatic rings. The summed E-state index contributed by atoms with van der Waals surface area (Å²) in [4.78, 5) is 8.46. The first-order valence-corrected chi connectivity index (χ1v) is 7.34. The van der Waals surface area contributed by atoms with Gasteiger partial charge in [-0.3, -0.25) is 0 Å². The van der Waals surface area contributed by atoms with Gasteiger partial charge in [-0.1, -0.05) is 13.8 Å². The summed E-state index contributed by atoms with van der Waals surface area (Å²) in [6, 6.07) is 0. The lowest BCUT2D eigenvalue weighted by atomic mass is 10.0. The van der Waals surface area contributed by atoms with Crippen LogP contribution in [0.25, 0.3) is 0 Å². The van der Waals surface area contributed by atoms with Crippen molar-refractivity contribution < 1.29 is 4.74 Å². The van der Waals surface area contributed by atoms with Gasteiger partial charge in [-0.15, -0.1) is 11.3 Å². The van der Waals surface area contributed by atoms with Crippen molar-refractivity contribution in [1.29, 1.82) is 0 Å². The SMILES string of the molecule is CNCc1sc(N2CC(C)C(C)C2)nc1COC. The Labute approximate surface area is 113 Å². The van der Waals surface area contributed by atoms with Gasteiger partial charge in [0.2, 0.25) is 0 Å². The van der Waals surface area contributed by atoms with Crippen LogP contribution >= 0.6 is 11.3 Å². The molecule has 1 aromatic heterocycles. The molecule has 1 aliphatic rings. The number of nitrogens with one attached hydrogen (secondary N) is 1. The fourth-order valence-electron chi connectivity index (χ4n) is 2.34. The molecule has 0 saturated carbocycles. The van der Waals surface area contributed by atoms with Crippen LogP contribution in [0.2, 0.25) is 0 Å². The molecule has 0 spiro atoms. The first-order chi connectivity index (χ1) is 8.65. The molecule has 1 fully saturated rings. The average molecular weight is 269 g/mol. The van der Waals surface area contributed by atoms with Crippen molar-refractivity contribution in [3.05, 3.63) is 10.6 Å². The number of aromatic nitrogens is 1. The highest BCUT2D eigenvalue weighted by molar-refractivity contribution is 7.15. The Bertz CT molecular complexity index is 360. The van der Waals surface area contributed by atoms with Gasteiger partial charge in [0, 0.05) is 31.6 Å². The predicted octanol–water partition coefficient (Wildman–Crippen LogP) is 2.10. The molecule has 0 amide bonds. The minimum absolute atomic E-state index is 0.604. The molecular formula is C13H23N3OS. The van der Waals surface area contributed by atoms with Gasteiger partial charge < -0.3 is 15.0 Å². The highest BCUT2D eigenvalue weighted by atomic mass is 32.1. The molecule has 0 bridgehead atoms. The zero-order valence-corrected chi connectivity index (χ0v) is 12.5. The number of nitrogens with zero attached hydrogens (tertiary/aromatic N) is 2. The Morgan fingerprint density at radius 2 is 2.06 bits per heavy atom. The highest BCUT2D eigenvalue weighted by Crippen LogP contribution is 2.32. The smallest absolute Gasteiger partial charge is 0.185 e. The molecule has 0 radical (unpaired) electrons. The van der Waals surface area contributed by atoms with E-state index in [4.69, 9.17) is 9.72 Å². The lowest BCUT2D eigenvalue weighted by molar-refractivity contribution is 0.181. The van der Waals surface area contributed by atoms with E-state index in [1.54, 1.807) is 18.4 Å². The van der Waals surface area contributed by atoms with Crippen molar-refractivity contribution in [3.8, 4) is 0 Å². The van der Waals surface area contributed by atoms with Gasteiger partial charge >= 0.3 is 0 Å². The van der Waals surface area contributed by atoms with E-state index < -0.39 is 0 Å². The zero-order valence-electron chi connectivity index (χ0n) is 11.7. The van der Waals surface area contributed by atoms with E-state index in [0.29, 0.717) is 6.61 Å². The van der Waals surface area contributed by atoms with E-state index in [1.165, 1.54) is 4.88 Å². The molecule has 0 aliphatic carbocycles. The van der Waals surface area contributed by atoms with Crippen molar-refractivity contribution in [2.45, 2.75) is 27.0 Å². The standard InChI is InChI=1S/C13H23N3OS/c1-9-6-16(7-10(9)2)13-15-11(8-17-4)12(18-13)5-14-3/h9-10,14H,5-8H2,1-4H3. The van der Waals surface area contributed by atoms with Crippen LogP contribution in [0.5, 0.6) is 0 Å². The molecule has 0 aromatic carbocycles. The number of ether oxygens (including phenoxy) is 1. The number of rotatable bonds is 5. The monoisotopic (exact) mass is 269 g/mol. The lowest BCUT2D eigenvalue weighted by Gasteiger charge is -2.13. The van der Waals surface area contributed by atoms with Gasteiger partial charge in [-0.25, -0.2) is 4.98 Å². The topological polar surface area (TPSA) is 37.4 Å². The zero-order chi connectivity index (χ0) is 13.1. The molecule has 1 saturated heterocycles. The van der Waals surface area contributed by atoms with E-state index in [1.807, 2.05) is 7.05 Å². The van der Waals surface area contributed by atoms with Crippen molar-refractivity contribution >= 4 is 16.5 Å². The Kier molecular flexibility index (Phi) is 4.59. The molecule has 1 N–H and O–H groups in total. The number of anilines is 1. The predicted molar refractivity (Wildman–Crippen MR) is 76.1 cm³/mol. The van der Waals surface area contributed by atoms with Gasteiger partial charge in [-0.2, -0.15) is 0 Å². The minimum atomic E-state index is 0.604. The highest BCUT2D eigenvalue weighted by Gasteiger charge is 2.28. The molecule has 2 rings (SSSR count). The van der Waals surface area contributed by atoms with Crippen LogP contribution in [0.4, 0.5) is 5.13 Å². The van der Waals surface area contributed by atoms with Crippen LogP contribution < -0.4 is 10.2 Å². The molecular weight excluding hydrogens is 246 g/mol. The fourth-order valence-corrected chi connectivity index (χ4v) is 3.43. The molecule has 1 aliphatic heterocycles. The molecule has 4 nitrogen and oxygen atoms in total. The van der Waals surface area contributed by atoms with E-state index in [2.05, 4.69) is 24.1 Å². The Morgan fingerprint density at radius 1 is 1.39 bits per heavy atom. The number of thiazole rings is 1. The number of methoxy groups -OCH3 is 1. The summed E-state index contributed by atoms with van der Waals surface area (Å²) in [6.45, 7) is 8.37. The van der Waals surface area contributed by atoms with Crippen LogP contribution in [0.15, 0.2) is 0 Å². The third kappa shape index (κ3) is 2.84. The fraction of sp³-hybridized carbons (Fsp3) is 0.769. The minimum Gasteiger partial charge on any atom is -0.378 e. The van der Waals surface area contributed by atoms with Gasteiger partial charge in [0.25, 0.3) is 0 Å². The second kappa shape index (κ2) is 5.99. The Hall–Kier alpha value is -0.650. The van der Waals surface area contributed by atoms with E-state index in [-0.39, 0.29) is 0 Å². The maximum atomic E-state index is 5.23. The summed E-state index contributed by atoms with van der Waals surface area (Å²) in [5.41, 5.74) is 1.08. The second-order valence-electron chi connectivity index (χ2n) is 5.19. The van der Waals surface area contributed by atoms with Crippen LogP contribution in [0.1, 0.15) is 24.4 Å². The van der Waals surface area contributed by atoms with Gasteiger partial charge in [0.05, 0.1) is 12.3 Å². The Morgan fingerprint density at radius 3 is 2.61 bits per heavy atom. The largest absolute Gasteiger partial charge is 0.378 e. The third-order valence-electron chi connectivity index (χ3n) is 3.64. The molecule has 2 unspecified atom stereocenters. The molecule has 102 valence electrons. The Balaban J connectivity index is 2.16. The summed E-state index contributed by atoms with van der Waals surface area (Å²) >= 11 is 1.80. The van der Waals surface area contributed by atoms with Gasteiger partial charge in [-0.05, 0) is 18.9 Å². The second-order valence-corrected chi connectivity index (χ2v) is 6.25. The quantitative estimate of drug-likeness (QED) is 0.888. The van der Waals surface area contributed by atoms with Crippen molar-refractivity contribution in [2.75, 3.05) is 32.1 Å². The van der Waals surface area contributed by atoms with Crippen LogP contribution in [-0.4, -0.2) is 32.2 Å². The summed E-state index contributed by atoms with van der Waals surface area (Å²) < 4.78 is 5.23. The van der Waals surface area contributed by atoms with Crippen molar-refractivity contribution in [3.63, 3.8) is 0 Å². The molecule has 5 heteroatoms. The van der Waals surface area contributed by atoms with Crippen molar-refractivity contribution in [1.82, 2.24) is 10.3 Å². The van der Waals surface area contributed by atoms with E-state index in [9.17, 15) is 0 Å².